The van der Waals surface area contributed by atoms with E-state index in [9.17, 15) is 4.79 Å². The molecule has 0 aliphatic heterocycles. The molecule has 0 unspecified atom stereocenters. The number of amides is 1. The first-order chi connectivity index (χ1) is 7.24. The number of hydrogen-bond acceptors (Lipinski definition) is 4. The normalized spacial score (nSPS) is 10.2. The highest BCUT2D eigenvalue weighted by Crippen LogP contribution is 2.00. The van der Waals surface area contributed by atoms with E-state index in [1.807, 2.05) is 0 Å². The molecule has 0 saturated heterocycles. The molecule has 0 aromatic carbocycles. The van der Waals surface area contributed by atoms with Crippen molar-refractivity contribution in [3.63, 3.8) is 0 Å². The molecule has 0 radical (unpaired) electrons. The fourth-order valence-electron chi connectivity index (χ4n) is 1.19. The highest BCUT2D eigenvalue weighted by Gasteiger charge is 2.06. The summed E-state index contributed by atoms with van der Waals surface area (Å²) in [6.07, 6.45) is 5.05. The van der Waals surface area contributed by atoms with Crippen LogP contribution in [0.4, 0.5) is 5.95 Å². The van der Waals surface area contributed by atoms with E-state index in [1.54, 1.807) is 24.1 Å². The summed E-state index contributed by atoms with van der Waals surface area (Å²) < 4.78 is 1.65. The predicted octanol–water partition coefficient (Wildman–Crippen LogP) is -0.281. The topological polar surface area (TPSA) is 88.5 Å². The number of aromatic nitrogens is 5. The van der Waals surface area contributed by atoms with Gasteiger partial charge in [0, 0.05) is 13.2 Å². The Bertz CT molecular complexity index is 445. The molecule has 0 saturated carbocycles. The van der Waals surface area contributed by atoms with Gasteiger partial charge in [0.05, 0.1) is 12.6 Å². The SMILES string of the molecule is Cn1cc(CC(=O)Nc2ncn[nH]2)cn1. The average molecular weight is 206 g/mol. The van der Waals surface area contributed by atoms with Crippen LogP contribution in [0.2, 0.25) is 0 Å². The lowest BCUT2D eigenvalue weighted by Gasteiger charge is -1.98. The van der Waals surface area contributed by atoms with Crippen LogP contribution in [-0.2, 0) is 18.3 Å². The maximum absolute atomic E-state index is 11.5. The monoisotopic (exact) mass is 206 g/mol. The average Bonchev–Trinajstić information content (AvgIpc) is 2.77. The Balaban J connectivity index is 1.93. The second-order valence-electron chi connectivity index (χ2n) is 3.08. The molecule has 2 heterocycles. The second-order valence-corrected chi connectivity index (χ2v) is 3.08. The Labute approximate surface area is 85.5 Å². The number of nitrogens with one attached hydrogen (secondary N) is 2. The standard InChI is InChI=1S/C8H10N6O/c1-14-4-6(3-11-14)2-7(15)12-8-9-5-10-13-8/h3-5H,2H2,1H3,(H2,9,10,12,13,15). The molecule has 0 aliphatic carbocycles. The van der Waals surface area contributed by atoms with Crippen LogP contribution in [0.3, 0.4) is 0 Å². The lowest BCUT2D eigenvalue weighted by Crippen LogP contribution is -2.15. The Morgan fingerprint density at radius 2 is 2.53 bits per heavy atom. The Morgan fingerprint density at radius 3 is 3.13 bits per heavy atom. The Hall–Kier alpha value is -2.18. The molecule has 2 aromatic heterocycles. The number of aryl methyl sites for hydroxylation is 1. The number of carbonyl (C=O) groups is 1. The lowest BCUT2D eigenvalue weighted by molar-refractivity contribution is -0.115. The summed E-state index contributed by atoms with van der Waals surface area (Å²) in [7, 11) is 1.80. The van der Waals surface area contributed by atoms with Crippen LogP contribution in [0, 0.1) is 0 Å². The van der Waals surface area contributed by atoms with Gasteiger partial charge in [0.15, 0.2) is 0 Å². The molecule has 7 heteroatoms. The number of aromatic amines is 1. The summed E-state index contributed by atoms with van der Waals surface area (Å²) in [4.78, 5) is 15.2. The van der Waals surface area contributed by atoms with E-state index in [0.717, 1.165) is 5.56 Å². The number of carbonyl (C=O) groups excluding carboxylic acids is 1. The van der Waals surface area contributed by atoms with Crippen LogP contribution < -0.4 is 5.32 Å². The second kappa shape index (κ2) is 3.91. The maximum atomic E-state index is 11.5. The van der Waals surface area contributed by atoms with E-state index in [-0.39, 0.29) is 12.3 Å². The van der Waals surface area contributed by atoms with Gasteiger partial charge in [0.2, 0.25) is 11.9 Å². The molecule has 0 spiro atoms. The first-order valence-electron chi connectivity index (χ1n) is 4.37. The Morgan fingerprint density at radius 1 is 1.67 bits per heavy atom. The van der Waals surface area contributed by atoms with Gasteiger partial charge in [-0.15, -0.1) is 0 Å². The summed E-state index contributed by atoms with van der Waals surface area (Å²) in [5.41, 5.74) is 0.856. The van der Waals surface area contributed by atoms with Crippen molar-refractivity contribution >= 4 is 11.9 Å². The summed E-state index contributed by atoms with van der Waals surface area (Å²) in [5.74, 6) is 0.198. The highest BCUT2D eigenvalue weighted by atomic mass is 16.1. The van der Waals surface area contributed by atoms with Crippen LogP contribution in [0.15, 0.2) is 18.7 Å². The van der Waals surface area contributed by atoms with Crippen molar-refractivity contribution in [1.29, 1.82) is 0 Å². The van der Waals surface area contributed by atoms with Crippen molar-refractivity contribution in [2.45, 2.75) is 6.42 Å². The molecule has 0 atom stereocenters. The van der Waals surface area contributed by atoms with E-state index in [1.165, 1.54) is 6.33 Å². The minimum absolute atomic E-state index is 0.153. The summed E-state index contributed by atoms with van der Waals surface area (Å²) in [5, 5.41) is 12.7. The molecule has 0 aliphatic rings. The van der Waals surface area contributed by atoms with Crippen molar-refractivity contribution in [3.05, 3.63) is 24.3 Å². The molecule has 0 bridgehead atoms. The molecule has 2 rings (SSSR count). The minimum Gasteiger partial charge on any atom is -0.295 e. The first kappa shape index (κ1) is 9.38. The number of nitrogens with zero attached hydrogens (tertiary/aromatic N) is 4. The zero-order valence-corrected chi connectivity index (χ0v) is 8.14. The molecule has 7 nitrogen and oxygen atoms in total. The summed E-state index contributed by atoms with van der Waals surface area (Å²) >= 11 is 0. The van der Waals surface area contributed by atoms with Gasteiger partial charge in [-0.05, 0) is 5.56 Å². The van der Waals surface area contributed by atoms with Gasteiger partial charge in [0.1, 0.15) is 6.33 Å². The molecule has 78 valence electrons. The fraction of sp³-hybridized carbons (Fsp3) is 0.250. The smallest absolute Gasteiger partial charge is 0.231 e. The van der Waals surface area contributed by atoms with Crippen molar-refractivity contribution in [3.8, 4) is 0 Å². The summed E-state index contributed by atoms with van der Waals surface area (Å²) in [6.45, 7) is 0. The zero-order chi connectivity index (χ0) is 10.7. The zero-order valence-electron chi connectivity index (χ0n) is 8.14. The van der Waals surface area contributed by atoms with Crippen LogP contribution in [0.25, 0.3) is 0 Å². The molecular weight excluding hydrogens is 196 g/mol. The highest BCUT2D eigenvalue weighted by molar-refractivity contribution is 5.90. The number of hydrogen-bond donors (Lipinski definition) is 2. The molecule has 2 aromatic rings. The van der Waals surface area contributed by atoms with Gasteiger partial charge < -0.3 is 0 Å². The van der Waals surface area contributed by atoms with Crippen LogP contribution in [0.5, 0.6) is 0 Å². The molecule has 15 heavy (non-hydrogen) atoms. The van der Waals surface area contributed by atoms with Crippen LogP contribution >= 0.6 is 0 Å². The summed E-state index contributed by atoms with van der Waals surface area (Å²) in [6, 6.07) is 0. The van der Waals surface area contributed by atoms with Gasteiger partial charge in [-0.3, -0.25) is 14.8 Å². The number of H-pyrrole nitrogens is 1. The van der Waals surface area contributed by atoms with E-state index in [2.05, 4.69) is 25.6 Å². The number of rotatable bonds is 3. The van der Waals surface area contributed by atoms with E-state index >= 15 is 0 Å². The van der Waals surface area contributed by atoms with Crippen LogP contribution in [-0.4, -0.2) is 30.9 Å². The van der Waals surface area contributed by atoms with Crippen molar-refractivity contribution in [2.24, 2.45) is 7.05 Å². The maximum Gasteiger partial charge on any atom is 0.231 e. The van der Waals surface area contributed by atoms with Gasteiger partial charge in [0.25, 0.3) is 0 Å². The first-order valence-corrected chi connectivity index (χ1v) is 4.37. The van der Waals surface area contributed by atoms with Gasteiger partial charge in [-0.1, -0.05) is 0 Å². The largest absolute Gasteiger partial charge is 0.295 e. The fourth-order valence-corrected chi connectivity index (χ4v) is 1.19. The third-order valence-electron chi connectivity index (χ3n) is 1.80. The lowest BCUT2D eigenvalue weighted by atomic mass is 10.2. The molecular formula is C8H10N6O. The van der Waals surface area contributed by atoms with Crippen molar-refractivity contribution < 1.29 is 4.79 Å². The van der Waals surface area contributed by atoms with Gasteiger partial charge in [-0.25, -0.2) is 5.10 Å². The predicted molar refractivity (Wildman–Crippen MR) is 51.9 cm³/mol. The van der Waals surface area contributed by atoms with E-state index < -0.39 is 0 Å². The number of anilines is 1. The van der Waals surface area contributed by atoms with Crippen molar-refractivity contribution in [1.82, 2.24) is 25.0 Å². The third-order valence-corrected chi connectivity index (χ3v) is 1.80. The van der Waals surface area contributed by atoms with E-state index in [4.69, 9.17) is 0 Å². The molecule has 1 amide bonds. The third kappa shape index (κ3) is 2.39. The molecule has 2 N–H and O–H groups in total. The quantitative estimate of drug-likeness (QED) is 0.722. The van der Waals surface area contributed by atoms with Crippen molar-refractivity contribution in [2.75, 3.05) is 5.32 Å². The minimum atomic E-state index is -0.153. The molecule has 0 fully saturated rings. The van der Waals surface area contributed by atoms with Gasteiger partial charge >= 0.3 is 0 Å². The van der Waals surface area contributed by atoms with Crippen LogP contribution in [0.1, 0.15) is 5.56 Å². The Kier molecular flexibility index (Phi) is 2.44. The van der Waals surface area contributed by atoms with Gasteiger partial charge in [-0.2, -0.15) is 15.2 Å². The van der Waals surface area contributed by atoms with E-state index in [0.29, 0.717) is 5.95 Å².